The zero-order chi connectivity index (χ0) is 31.4. The number of rotatable bonds is 10. The number of nitrogens with zero attached hydrogens (tertiary/aromatic N) is 2. The van der Waals surface area contributed by atoms with E-state index in [0.29, 0.717) is 54.7 Å². The highest BCUT2D eigenvalue weighted by molar-refractivity contribution is 9.10. The summed E-state index contributed by atoms with van der Waals surface area (Å²) in [4.78, 5) is 32.5. The molecule has 4 aromatic rings. The van der Waals surface area contributed by atoms with Gasteiger partial charge in [0.05, 0.1) is 49.8 Å². The molecular formula is C33H31BrN2O7S. The Morgan fingerprint density at radius 2 is 1.66 bits per heavy atom. The van der Waals surface area contributed by atoms with Crippen molar-refractivity contribution in [1.82, 2.24) is 4.57 Å². The lowest BCUT2D eigenvalue weighted by Gasteiger charge is -2.26. The van der Waals surface area contributed by atoms with Crippen molar-refractivity contribution in [2.45, 2.75) is 26.5 Å². The number of esters is 1. The van der Waals surface area contributed by atoms with Crippen molar-refractivity contribution in [2.24, 2.45) is 4.99 Å². The van der Waals surface area contributed by atoms with Gasteiger partial charge in [0, 0.05) is 4.47 Å². The van der Waals surface area contributed by atoms with Gasteiger partial charge in [0.25, 0.3) is 5.56 Å². The first kappa shape index (κ1) is 31.1. The van der Waals surface area contributed by atoms with E-state index in [1.807, 2.05) is 48.5 Å². The Bertz CT molecular complexity index is 1910. The van der Waals surface area contributed by atoms with Crippen LogP contribution in [-0.4, -0.2) is 38.5 Å². The van der Waals surface area contributed by atoms with Gasteiger partial charge in [-0.05, 0) is 60.9 Å². The monoisotopic (exact) mass is 678 g/mol. The molecule has 44 heavy (non-hydrogen) atoms. The molecule has 228 valence electrons. The van der Waals surface area contributed by atoms with Gasteiger partial charge in [0.1, 0.15) is 6.61 Å². The molecule has 0 saturated heterocycles. The summed E-state index contributed by atoms with van der Waals surface area (Å²) in [5.41, 5.74) is 2.81. The molecule has 0 N–H and O–H groups in total. The first-order valence-electron chi connectivity index (χ1n) is 13.7. The molecule has 0 saturated carbocycles. The summed E-state index contributed by atoms with van der Waals surface area (Å²) in [6.07, 6.45) is 1.78. The summed E-state index contributed by atoms with van der Waals surface area (Å²) in [5, 5.41) is 0. The Kier molecular flexibility index (Phi) is 9.55. The normalized spacial score (nSPS) is 14.5. The zero-order valence-electron chi connectivity index (χ0n) is 24.9. The Hall–Kier alpha value is -4.35. The van der Waals surface area contributed by atoms with Crippen LogP contribution >= 0.6 is 27.3 Å². The Morgan fingerprint density at radius 1 is 0.977 bits per heavy atom. The molecule has 1 aliphatic heterocycles. The maximum atomic E-state index is 14.1. The van der Waals surface area contributed by atoms with Crippen LogP contribution in [0.5, 0.6) is 23.0 Å². The number of fused-ring (bicyclic) bond motifs is 1. The second kappa shape index (κ2) is 13.5. The van der Waals surface area contributed by atoms with Crippen molar-refractivity contribution in [3.63, 3.8) is 0 Å². The SMILES string of the molecule is CCOC(=O)C1=C(C)N=c2s/c(=C\c3ccc(OCc4ccccc4)c(OC)c3)c(=O)n2[C@H]1c1cc(OC)c(OC)cc1Br. The molecule has 5 rings (SSSR count). The number of hydrogen-bond donors (Lipinski definition) is 0. The molecular weight excluding hydrogens is 648 g/mol. The van der Waals surface area contributed by atoms with Crippen molar-refractivity contribution in [1.29, 1.82) is 0 Å². The van der Waals surface area contributed by atoms with Crippen molar-refractivity contribution >= 4 is 39.3 Å². The molecule has 1 aromatic heterocycles. The summed E-state index contributed by atoms with van der Waals surface area (Å²) in [6.45, 7) is 4.04. The minimum absolute atomic E-state index is 0.173. The Balaban J connectivity index is 1.61. The van der Waals surface area contributed by atoms with E-state index in [4.69, 9.17) is 23.7 Å². The lowest BCUT2D eigenvalue weighted by atomic mass is 9.95. The van der Waals surface area contributed by atoms with Crippen LogP contribution in [0.2, 0.25) is 0 Å². The van der Waals surface area contributed by atoms with Crippen LogP contribution < -0.4 is 33.8 Å². The number of allylic oxidation sites excluding steroid dienone is 1. The van der Waals surface area contributed by atoms with Crippen LogP contribution in [0, 0.1) is 0 Å². The van der Waals surface area contributed by atoms with Gasteiger partial charge in [-0.2, -0.15) is 0 Å². The number of aromatic nitrogens is 1. The van der Waals surface area contributed by atoms with Crippen molar-refractivity contribution in [3.05, 3.63) is 113 Å². The van der Waals surface area contributed by atoms with Crippen molar-refractivity contribution < 1.29 is 28.5 Å². The topological polar surface area (TPSA) is 97.6 Å². The fourth-order valence-electron chi connectivity index (χ4n) is 4.95. The first-order chi connectivity index (χ1) is 21.3. The second-order valence-corrected chi connectivity index (χ2v) is 11.6. The minimum atomic E-state index is -0.829. The van der Waals surface area contributed by atoms with E-state index in [9.17, 15) is 9.59 Å². The predicted octanol–water partition coefficient (Wildman–Crippen LogP) is 5.17. The Labute approximate surface area is 266 Å². The number of methoxy groups -OCH3 is 3. The number of ether oxygens (including phenoxy) is 5. The number of carbonyl (C=O) groups excluding carboxylic acids is 1. The molecule has 0 aliphatic carbocycles. The van der Waals surface area contributed by atoms with Gasteiger partial charge in [-0.15, -0.1) is 0 Å². The van der Waals surface area contributed by atoms with Crippen LogP contribution in [0.15, 0.2) is 86.2 Å². The molecule has 0 unspecified atom stereocenters. The highest BCUT2D eigenvalue weighted by atomic mass is 79.9. The van der Waals surface area contributed by atoms with Crippen LogP contribution in [0.4, 0.5) is 0 Å². The first-order valence-corrected chi connectivity index (χ1v) is 15.4. The molecule has 2 heterocycles. The molecule has 0 radical (unpaired) electrons. The average molecular weight is 680 g/mol. The van der Waals surface area contributed by atoms with Crippen molar-refractivity contribution in [2.75, 3.05) is 27.9 Å². The van der Waals surface area contributed by atoms with Gasteiger partial charge in [-0.3, -0.25) is 9.36 Å². The summed E-state index contributed by atoms with van der Waals surface area (Å²) < 4.78 is 30.6. The lowest BCUT2D eigenvalue weighted by molar-refractivity contribution is -0.139. The fraction of sp³-hybridized carbons (Fsp3) is 0.242. The van der Waals surface area contributed by atoms with Gasteiger partial charge < -0.3 is 23.7 Å². The molecule has 0 amide bonds. The fourth-order valence-corrected chi connectivity index (χ4v) is 6.53. The quantitative estimate of drug-likeness (QED) is 0.214. The molecule has 0 spiro atoms. The number of thiazole rings is 1. The minimum Gasteiger partial charge on any atom is -0.493 e. The lowest BCUT2D eigenvalue weighted by Crippen LogP contribution is -2.40. The summed E-state index contributed by atoms with van der Waals surface area (Å²) in [6, 6.07) is 18.0. The molecule has 9 nitrogen and oxygen atoms in total. The van der Waals surface area contributed by atoms with E-state index in [-0.39, 0.29) is 17.7 Å². The second-order valence-electron chi connectivity index (χ2n) is 9.72. The summed E-state index contributed by atoms with van der Waals surface area (Å²) in [5.74, 6) is 1.52. The summed E-state index contributed by atoms with van der Waals surface area (Å²) in [7, 11) is 4.64. The third-order valence-corrected chi connectivity index (χ3v) is 8.71. The molecule has 3 aromatic carbocycles. The smallest absolute Gasteiger partial charge is 0.338 e. The van der Waals surface area contributed by atoms with Gasteiger partial charge in [-0.1, -0.05) is 63.7 Å². The third-order valence-electron chi connectivity index (χ3n) is 7.04. The standard InChI is InChI=1S/C33H31BrN2O7S/c1-6-42-32(38)29-19(2)35-33-36(30(29)22-16-26(40-4)27(41-5)17-23(22)34)31(37)28(44-33)15-21-12-13-24(25(14-21)39-3)43-18-20-10-8-7-9-11-20/h7-17,30H,6,18H2,1-5H3/b28-15-/t30-/m0/s1. The number of halogens is 1. The highest BCUT2D eigenvalue weighted by Crippen LogP contribution is 2.41. The number of hydrogen-bond acceptors (Lipinski definition) is 9. The van der Waals surface area contributed by atoms with Crippen LogP contribution in [0.25, 0.3) is 6.08 Å². The molecule has 0 fully saturated rings. The summed E-state index contributed by atoms with van der Waals surface area (Å²) >= 11 is 4.86. The molecule has 0 bridgehead atoms. The molecule has 11 heteroatoms. The van der Waals surface area contributed by atoms with Crippen molar-refractivity contribution in [3.8, 4) is 23.0 Å². The van der Waals surface area contributed by atoms with Crippen LogP contribution in [0.1, 0.15) is 36.6 Å². The maximum absolute atomic E-state index is 14.1. The average Bonchev–Trinajstić information content (AvgIpc) is 3.33. The van der Waals surface area contributed by atoms with Gasteiger partial charge >= 0.3 is 5.97 Å². The third kappa shape index (κ3) is 6.15. The van der Waals surface area contributed by atoms with Crippen LogP contribution in [0.3, 0.4) is 0 Å². The number of carbonyl (C=O) groups is 1. The van der Waals surface area contributed by atoms with E-state index in [1.165, 1.54) is 30.1 Å². The Morgan fingerprint density at radius 3 is 2.34 bits per heavy atom. The van der Waals surface area contributed by atoms with Gasteiger partial charge in [-0.25, -0.2) is 9.79 Å². The number of benzene rings is 3. The van der Waals surface area contributed by atoms with E-state index in [1.54, 1.807) is 39.2 Å². The predicted molar refractivity (Wildman–Crippen MR) is 171 cm³/mol. The van der Waals surface area contributed by atoms with Gasteiger partial charge in [0.15, 0.2) is 27.8 Å². The molecule has 1 atom stereocenters. The molecule has 1 aliphatic rings. The van der Waals surface area contributed by atoms with E-state index in [0.717, 1.165) is 11.1 Å². The van der Waals surface area contributed by atoms with E-state index >= 15 is 0 Å². The highest BCUT2D eigenvalue weighted by Gasteiger charge is 2.35. The van der Waals surface area contributed by atoms with E-state index < -0.39 is 12.0 Å². The largest absolute Gasteiger partial charge is 0.493 e. The van der Waals surface area contributed by atoms with Crippen LogP contribution in [-0.2, 0) is 16.1 Å². The maximum Gasteiger partial charge on any atom is 0.338 e. The van der Waals surface area contributed by atoms with Gasteiger partial charge in [0.2, 0.25) is 0 Å². The zero-order valence-corrected chi connectivity index (χ0v) is 27.3. The van der Waals surface area contributed by atoms with E-state index in [2.05, 4.69) is 20.9 Å².